The van der Waals surface area contributed by atoms with Crippen molar-refractivity contribution in [1.82, 2.24) is 19.9 Å². The van der Waals surface area contributed by atoms with Gasteiger partial charge in [0.1, 0.15) is 12.1 Å². The summed E-state index contributed by atoms with van der Waals surface area (Å²) in [5, 5.41) is 12.5. The molecule has 1 fully saturated rings. The predicted molar refractivity (Wildman–Crippen MR) is 73.8 cm³/mol. The molecule has 0 bridgehead atoms. The highest BCUT2D eigenvalue weighted by Gasteiger charge is 2.30. The molecule has 2 heterocycles. The van der Waals surface area contributed by atoms with Crippen molar-refractivity contribution in [3.05, 3.63) is 36.0 Å². The lowest BCUT2D eigenvalue weighted by Crippen LogP contribution is -2.27. The van der Waals surface area contributed by atoms with Gasteiger partial charge in [0, 0.05) is 18.2 Å². The molecule has 4 N–H and O–H groups in total. The van der Waals surface area contributed by atoms with Crippen molar-refractivity contribution >= 4 is 11.8 Å². The molecule has 20 heavy (non-hydrogen) atoms. The Bertz CT molecular complexity index is 585. The predicted octanol–water partition coefficient (Wildman–Crippen LogP) is 0.699. The van der Waals surface area contributed by atoms with Crippen LogP contribution in [0.5, 0.6) is 0 Å². The quantitative estimate of drug-likeness (QED) is 0.751. The molecule has 104 valence electrons. The van der Waals surface area contributed by atoms with Gasteiger partial charge in [-0.2, -0.15) is 4.98 Å². The number of aliphatic hydroxyl groups is 1. The second-order valence-electron chi connectivity index (χ2n) is 4.91. The highest BCUT2D eigenvalue weighted by Crippen LogP contribution is 2.36. The van der Waals surface area contributed by atoms with Gasteiger partial charge in [-0.15, -0.1) is 0 Å². The number of nitrogens with zero attached hydrogens (tertiary/aromatic N) is 4. The van der Waals surface area contributed by atoms with E-state index in [1.54, 1.807) is 6.20 Å². The van der Waals surface area contributed by atoms with E-state index in [-0.39, 0.29) is 18.0 Å². The minimum atomic E-state index is -0.214. The molecule has 3 rings (SSSR count). The molecule has 2 aromatic heterocycles. The number of nitrogen functional groups attached to an aromatic ring is 1. The molecule has 0 amide bonds. The van der Waals surface area contributed by atoms with Gasteiger partial charge in [0.15, 0.2) is 0 Å². The van der Waals surface area contributed by atoms with Crippen LogP contribution < -0.4 is 11.1 Å². The highest BCUT2D eigenvalue weighted by atomic mass is 16.3. The van der Waals surface area contributed by atoms with E-state index in [1.807, 2.05) is 12.1 Å². The third kappa shape index (κ3) is 2.83. The van der Waals surface area contributed by atoms with Crippen LogP contribution >= 0.6 is 0 Å². The summed E-state index contributed by atoms with van der Waals surface area (Å²) >= 11 is 0. The van der Waals surface area contributed by atoms with Crippen LogP contribution in [0.2, 0.25) is 0 Å². The molecule has 0 aromatic carbocycles. The molecule has 0 radical (unpaired) electrons. The number of aromatic nitrogens is 4. The topological polar surface area (TPSA) is 110 Å². The Hall–Kier alpha value is -2.28. The minimum absolute atomic E-state index is 0.214. The number of anilines is 2. The Morgan fingerprint density at radius 3 is 2.90 bits per heavy atom. The van der Waals surface area contributed by atoms with Crippen LogP contribution in [0.1, 0.15) is 30.1 Å². The Kier molecular flexibility index (Phi) is 3.42. The molecule has 1 saturated carbocycles. The monoisotopic (exact) mass is 272 g/mol. The molecular formula is C13H16N6O. The van der Waals surface area contributed by atoms with Crippen LogP contribution in [0.15, 0.2) is 24.7 Å². The summed E-state index contributed by atoms with van der Waals surface area (Å²) in [4.78, 5) is 16.4. The summed E-state index contributed by atoms with van der Waals surface area (Å²) in [6.07, 6.45) is 4.46. The van der Waals surface area contributed by atoms with Crippen molar-refractivity contribution in [1.29, 1.82) is 0 Å². The van der Waals surface area contributed by atoms with Crippen molar-refractivity contribution < 1.29 is 5.11 Å². The van der Waals surface area contributed by atoms with E-state index < -0.39 is 0 Å². The zero-order valence-electron chi connectivity index (χ0n) is 10.9. The number of hydrogen-bond donors (Lipinski definition) is 3. The Morgan fingerprint density at radius 1 is 1.35 bits per heavy atom. The van der Waals surface area contributed by atoms with Crippen LogP contribution in [0, 0.1) is 0 Å². The van der Waals surface area contributed by atoms with Gasteiger partial charge in [-0.3, -0.25) is 0 Å². The van der Waals surface area contributed by atoms with Gasteiger partial charge in [-0.1, -0.05) is 0 Å². The van der Waals surface area contributed by atoms with Gasteiger partial charge in [-0.05, 0) is 18.9 Å². The maximum atomic E-state index is 9.37. The zero-order valence-corrected chi connectivity index (χ0v) is 10.9. The van der Waals surface area contributed by atoms with Crippen LogP contribution in [0.3, 0.4) is 0 Å². The van der Waals surface area contributed by atoms with Gasteiger partial charge in [-0.25, -0.2) is 15.0 Å². The van der Waals surface area contributed by atoms with Crippen molar-refractivity contribution in [2.45, 2.75) is 31.4 Å². The minimum Gasteiger partial charge on any atom is -0.393 e. The fourth-order valence-electron chi connectivity index (χ4n) is 2.22. The van der Waals surface area contributed by atoms with Crippen LogP contribution in [-0.4, -0.2) is 31.1 Å². The smallest absolute Gasteiger partial charge is 0.222 e. The Morgan fingerprint density at radius 2 is 2.20 bits per heavy atom. The zero-order chi connectivity index (χ0) is 13.9. The van der Waals surface area contributed by atoms with E-state index in [1.165, 1.54) is 6.33 Å². The molecule has 7 nitrogen and oxygen atoms in total. The van der Waals surface area contributed by atoms with Gasteiger partial charge < -0.3 is 16.2 Å². The van der Waals surface area contributed by atoms with Crippen LogP contribution in [0.25, 0.3) is 0 Å². The van der Waals surface area contributed by atoms with Crippen LogP contribution in [0.4, 0.5) is 11.8 Å². The van der Waals surface area contributed by atoms with Crippen molar-refractivity contribution in [2.75, 3.05) is 11.1 Å². The van der Waals surface area contributed by atoms with E-state index in [0.717, 1.165) is 24.2 Å². The van der Waals surface area contributed by atoms with E-state index in [0.29, 0.717) is 12.4 Å². The lowest BCUT2D eigenvalue weighted by Gasteiger charge is -2.30. The molecule has 1 aliphatic carbocycles. The van der Waals surface area contributed by atoms with E-state index in [4.69, 9.17) is 5.73 Å². The average Bonchev–Trinajstić information content (AvgIpc) is 2.42. The van der Waals surface area contributed by atoms with Crippen molar-refractivity contribution in [2.24, 2.45) is 0 Å². The molecule has 0 saturated heterocycles. The van der Waals surface area contributed by atoms with Gasteiger partial charge in [0.25, 0.3) is 0 Å². The molecular weight excluding hydrogens is 256 g/mol. The first-order chi connectivity index (χ1) is 9.70. The highest BCUT2D eigenvalue weighted by molar-refractivity contribution is 5.42. The summed E-state index contributed by atoms with van der Waals surface area (Å²) in [7, 11) is 0. The maximum absolute atomic E-state index is 9.37. The SMILES string of the molecule is Nc1nc(NCc2ccncn2)cc(C2CC(O)C2)n1. The number of rotatable bonds is 4. The third-order valence-electron chi connectivity index (χ3n) is 3.39. The average molecular weight is 272 g/mol. The summed E-state index contributed by atoms with van der Waals surface area (Å²) in [6.45, 7) is 0.547. The molecule has 0 spiro atoms. The lowest BCUT2D eigenvalue weighted by atomic mass is 9.80. The summed E-state index contributed by atoms with van der Waals surface area (Å²) in [6, 6.07) is 3.72. The number of nitrogens with one attached hydrogen (secondary N) is 1. The number of aliphatic hydroxyl groups excluding tert-OH is 1. The standard InChI is InChI=1S/C13H16N6O/c14-13-18-11(8-3-10(20)4-8)5-12(19-13)16-6-9-1-2-15-7-17-9/h1-2,5,7-8,10,20H,3-4,6H2,(H3,14,16,18,19). The Balaban J connectivity index is 1.70. The van der Waals surface area contributed by atoms with E-state index in [2.05, 4.69) is 25.3 Å². The number of hydrogen-bond acceptors (Lipinski definition) is 7. The number of nitrogens with two attached hydrogens (primary N) is 1. The molecule has 1 aliphatic rings. The maximum Gasteiger partial charge on any atom is 0.222 e. The van der Waals surface area contributed by atoms with E-state index in [9.17, 15) is 5.11 Å². The summed E-state index contributed by atoms with van der Waals surface area (Å²) in [5.74, 6) is 1.19. The third-order valence-corrected chi connectivity index (χ3v) is 3.39. The largest absolute Gasteiger partial charge is 0.393 e. The molecule has 0 atom stereocenters. The van der Waals surface area contributed by atoms with E-state index >= 15 is 0 Å². The molecule has 0 unspecified atom stereocenters. The summed E-state index contributed by atoms with van der Waals surface area (Å²) in [5.41, 5.74) is 7.48. The lowest BCUT2D eigenvalue weighted by molar-refractivity contribution is 0.0732. The molecule has 0 aliphatic heterocycles. The normalized spacial score (nSPS) is 21.2. The van der Waals surface area contributed by atoms with Gasteiger partial charge >= 0.3 is 0 Å². The van der Waals surface area contributed by atoms with Crippen molar-refractivity contribution in [3.8, 4) is 0 Å². The first-order valence-electron chi connectivity index (χ1n) is 6.52. The van der Waals surface area contributed by atoms with Crippen LogP contribution in [-0.2, 0) is 6.54 Å². The first-order valence-corrected chi connectivity index (χ1v) is 6.52. The molecule has 2 aromatic rings. The first kappa shape index (κ1) is 12.7. The fourth-order valence-corrected chi connectivity index (χ4v) is 2.22. The van der Waals surface area contributed by atoms with Crippen molar-refractivity contribution in [3.63, 3.8) is 0 Å². The van der Waals surface area contributed by atoms with Gasteiger partial charge in [0.2, 0.25) is 5.95 Å². The second-order valence-corrected chi connectivity index (χ2v) is 4.91. The Labute approximate surface area is 116 Å². The van der Waals surface area contributed by atoms with Gasteiger partial charge in [0.05, 0.1) is 24.0 Å². The summed E-state index contributed by atoms with van der Waals surface area (Å²) < 4.78 is 0. The molecule has 7 heteroatoms. The second kappa shape index (κ2) is 5.38. The fraction of sp³-hybridized carbons (Fsp3) is 0.385.